The van der Waals surface area contributed by atoms with Crippen LogP contribution in [0, 0.1) is 28.6 Å². The third kappa shape index (κ3) is 3.09. The van der Waals surface area contributed by atoms with E-state index in [1.54, 1.807) is 32.4 Å². The number of amides is 1. The molecule has 7 rings (SSSR count). The van der Waals surface area contributed by atoms with Crippen LogP contribution in [0.2, 0.25) is 0 Å². The average molecular weight is 585 g/mol. The van der Waals surface area contributed by atoms with Gasteiger partial charge in [0.05, 0.1) is 17.9 Å². The number of aliphatic hydroxyl groups is 3. The Kier molecular flexibility index (Phi) is 6.22. The molecule has 1 spiro atoms. The molecule has 1 aromatic rings. The summed E-state index contributed by atoms with van der Waals surface area (Å²) in [5.74, 6) is -1.16. The number of para-hydroxylation sites is 1. The molecule has 0 unspecified atom stereocenters. The van der Waals surface area contributed by atoms with E-state index in [0.717, 1.165) is 6.42 Å². The molecule has 1 amide bonds. The molecule has 1 heterocycles. The quantitative estimate of drug-likeness (QED) is 0.352. The van der Waals surface area contributed by atoms with Gasteiger partial charge in [-0.1, -0.05) is 12.1 Å². The molecular formula is C32H44N2O8. The fourth-order valence-corrected chi connectivity index (χ4v) is 12.1. The van der Waals surface area contributed by atoms with E-state index < -0.39 is 45.8 Å². The number of rotatable bonds is 7. The van der Waals surface area contributed by atoms with Crippen molar-refractivity contribution in [3.8, 4) is 0 Å². The molecule has 10 heteroatoms. The second kappa shape index (κ2) is 9.06. The number of carbonyl (C=O) groups excluding carboxylic acids is 2. The predicted octanol–water partition coefficient (Wildman–Crippen LogP) is 1.61. The third-order valence-corrected chi connectivity index (χ3v) is 13.0. The molecule has 1 aromatic carbocycles. The first-order valence-corrected chi connectivity index (χ1v) is 15.2. The highest BCUT2D eigenvalue weighted by Crippen LogP contribution is 2.81. The number of anilines is 1. The number of ketones is 1. The number of piperidine rings is 1. The zero-order valence-corrected chi connectivity index (χ0v) is 25.1. The summed E-state index contributed by atoms with van der Waals surface area (Å²) >= 11 is 0. The van der Waals surface area contributed by atoms with E-state index in [4.69, 9.17) is 14.2 Å². The lowest BCUT2D eigenvalue weighted by atomic mass is 9.41. The highest BCUT2D eigenvalue weighted by molar-refractivity contribution is 6.04. The van der Waals surface area contributed by atoms with Crippen molar-refractivity contribution in [3.05, 3.63) is 29.8 Å². The maximum atomic E-state index is 14.2. The van der Waals surface area contributed by atoms with Crippen LogP contribution in [0.3, 0.4) is 0 Å². The van der Waals surface area contributed by atoms with Crippen molar-refractivity contribution in [2.45, 2.75) is 86.6 Å². The Balaban J connectivity index is 1.38. The van der Waals surface area contributed by atoms with Gasteiger partial charge < -0.3 is 39.7 Å². The molecule has 7 bridgehead atoms. The van der Waals surface area contributed by atoms with E-state index in [-0.39, 0.29) is 54.9 Å². The highest BCUT2D eigenvalue weighted by atomic mass is 16.5. The molecule has 1 aliphatic heterocycles. The minimum absolute atomic E-state index is 0.0312. The van der Waals surface area contributed by atoms with Crippen molar-refractivity contribution in [1.82, 2.24) is 4.90 Å². The van der Waals surface area contributed by atoms with E-state index in [2.05, 4.69) is 17.3 Å². The van der Waals surface area contributed by atoms with Gasteiger partial charge in [0.15, 0.2) is 5.78 Å². The first-order chi connectivity index (χ1) is 19.9. The molecule has 1 saturated heterocycles. The molecule has 42 heavy (non-hydrogen) atoms. The van der Waals surface area contributed by atoms with Gasteiger partial charge in [-0.05, 0) is 56.2 Å². The standard InChI is InChI=1S/C32H44N2O8/c1-17(35)33-20-9-7-6-8-18(20)21(36)13-28-11-10-24(40-3)31-22(28)12-19(26(31)34(2)16-28)30(38)15-25(41-4)29(37)14-23(31)32(30,39)27(29)42-5/h6-9,19,22-27,37-39H,10-16H2,1-5H3,(H,33,35)/t19-,22-,23+,24-,25+,26-,27+,28-,29-,30+,31-,32+/m1/s1. The molecule has 4 N–H and O–H groups in total. The molecule has 230 valence electrons. The molecule has 0 aromatic heterocycles. The van der Waals surface area contributed by atoms with Gasteiger partial charge in [0.1, 0.15) is 22.9 Å². The Hall–Kier alpha value is -1.92. The summed E-state index contributed by atoms with van der Waals surface area (Å²) in [5, 5.41) is 40.6. The van der Waals surface area contributed by atoms with Crippen LogP contribution in [0.15, 0.2) is 24.3 Å². The Morgan fingerprint density at radius 3 is 2.40 bits per heavy atom. The maximum absolute atomic E-state index is 14.2. The van der Waals surface area contributed by atoms with Crippen LogP contribution in [0.5, 0.6) is 0 Å². The Bertz CT molecular complexity index is 1320. The molecular weight excluding hydrogens is 540 g/mol. The summed E-state index contributed by atoms with van der Waals surface area (Å²) in [6, 6.07) is 7.04. The van der Waals surface area contributed by atoms with Gasteiger partial charge >= 0.3 is 0 Å². The Morgan fingerprint density at radius 1 is 1.02 bits per heavy atom. The summed E-state index contributed by atoms with van der Waals surface area (Å²) in [5.41, 5.74) is -4.81. The molecule has 5 saturated carbocycles. The van der Waals surface area contributed by atoms with Crippen molar-refractivity contribution < 1.29 is 39.1 Å². The number of nitrogens with one attached hydrogen (secondary N) is 1. The zero-order valence-electron chi connectivity index (χ0n) is 25.1. The maximum Gasteiger partial charge on any atom is 0.221 e. The van der Waals surface area contributed by atoms with Crippen molar-refractivity contribution in [2.75, 3.05) is 40.2 Å². The van der Waals surface area contributed by atoms with Crippen molar-refractivity contribution in [1.29, 1.82) is 0 Å². The van der Waals surface area contributed by atoms with Crippen LogP contribution >= 0.6 is 0 Å². The van der Waals surface area contributed by atoms with Crippen LogP contribution in [0.25, 0.3) is 0 Å². The van der Waals surface area contributed by atoms with Crippen LogP contribution < -0.4 is 5.32 Å². The van der Waals surface area contributed by atoms with Gasteiger partial charge in [-0.3, -0.25) is 9.59 Å². The van der Waals surface area contributed by atoms with Gasteiger partial charge in [0.25, 0.3) is 0 Å². The summed E-state index contributed by atoms with van der Waals surface area (Å²) in [6.45, 7) is 2.11. The zero-order chi connectivity index (χ0) is 30.0. The largest absolute Gasteiger partial charge is 0.386 e. The summed E-state index contributed by atoms with van der Waals surface area (Å²) in [4.78, 5) is 28.4. The molecule has 0 radical (unpaired) electrons. The molecule has 12 atom stereocenters. The van der Waals surface area contributed by atoms with E-state index in [1.807, 2.05) is 6.07 Å². The van der Waals surface area contributed by atoms with Gasteiger partial charge in [0.2, 0.25) is 5.91 Å². The number of nitrogens with zero attached hydrogens (tertiary/aromatic N) is 1. The minimum Gasteiger partial charge on any atom is -0.386 e. The fraction of sp³-hybridized carbons (Fsp3) is 0.750. The topological polar surface area (TPSA) is 138 Å². The number of Topliss-reactive ketones (excluding diaryl/α,β-unsaturated/α-hetero) is 1. The number of hydrogen-bond donors (Lipinski definition) is 4. The van der Waals surface area contributed by atoms with Crippen LogP contribution in [-0.4, -0.2) is 108 Å². The highest BCUT2D eigenvalue weighted by Gasteiger charge is 2.90. The normalized spacial score (nSPS) is 50.0. The van der Waals surface area contributed by atoms with Crippen LogP contribution in [-0.2, 0) is 19.0 Å². The monoisotopic (exact) mass is 584 g/mol. The number of benzene rings is 1. The lowest BCUT2D eigenvalue weighted by molar-refractivity contribution is -0.343. The van der Waals surface area contributed by atoms with E-state index in [0.29, 0.717) is 30.6 Å². The van der Waals surface area contributed by atoms with Crippen molar-refractivity contribution in [3.63, 3.8) is 0 Å². The average Bonchev–Trinajstić information content (AvgIpc) is 3.35. The second-order valence-corrected chi connectivity index (χ2v) is 14.2. The molecule has 6 fully saturated rings. The van der Waals surface area contributed by atoms with Crippen LogP contribution in [0.4, 0.5) is 5.69 Å². The van der Waals surface area contributed by atoms with Gasteiger partial charge in [0, 0.05) is 76.5 Å². The Labute approximate surface area is 246 Å². The van der Waals surface area contributed by atoms with Crippen LogP contribution in [0.1, 0.15) is 55.8 Å². The summed E-state index contributed by atoms with van der Waals surface area (Å²) < 4.78 is 18.0. The SMILES string of the molecule is CO[C@H]1C[C@]2(O)[C@@H]3C[C@@H]4[C@@]5(CC(=O)c6ccccc6NC(C)=O)CC[C@@H](OC)[C@]4([C@@H]3N(C)C5)[C@@H]3C[C@]1(O)[C@H](OC)[C@@]32O. The molecule has 6 aliphatic rings. The summed E-state index contributed by atoms with van der Waals surface area (Å²) in [6.07, 6.45) is 0.758. The van der Waals surface area contributed by atoms with Crippen molar-refractivity contribution >= 4 is 17.4 Å². The number of carbonyl (C=O) groups is 2. The summed E-state index contributed by atoms with van der Waals surface area (Å²) in [7, 11) is 6.82. The third-order valence-electron chi connectivity index (χ3n) is 13.0. The smallest absolute Gasteiger partial charge is 0.221 e. The van der Waals surface area contributed by atoms with Gasteiger partial charge in [-0.2, -0.15) is 0 Å². The second-order valence-electron chi connectivity index (χ2n) is 14.2. The van der Waals surface area contributed by atoms with Gasteiger partial charge in [-0.15, -0.1) is 0 Å². The lowest BCUT2D eigenvalue weighted by Crippen LogP contribution is -2.83. The Morgan fingerprint density at radius 2 is 1.74 bits per heavy atom. The molecule has 10 nitrogen and oxygen atoms in total. The fourth-order valence-electron chi connectivity index (χ4n) is 12.1. The number of hydrogen-bond acceptors (Lipinski definition) is 9. The van der Waals surface area contributed by atoms with E-state index in [1.165, 1.54) is 14.0 Å². The molecule has 5 aliphatic carbocycles. The lowest BCUT2D eigenvalue weighted by Gasteiger charge is -2.71. The first-order valence-electron chi connectivity index (χ1n) is 15.2. The van der Waals surface area contributed by atoms with E-state index >= 15 is 0 Å². The minimum atomic E-state index is -1.71. The van der Waals surface area contributed by atoms with Gasteiger partial charge in [-0.25, -0.2) is 0 Å². The number of likely N-dealkylation sites (tertiary alicyclic amines) is 1. The van der Waals surface area contributed by atoms with Crippen molar-refractivity contribution in [2.24, 2.45) is 28.6 Å². The number of fused-ring (bicyclic) bond motifs is 2. The number of methoxy groups -OCH3 is 3. The van der Waals surface area contributed by atoms with E-state index in [9.17, 15) is 24.9 Å². The predicted molar refractivity (Wildman–Crippen MR) is 152 cm³/mol. The number of ether oxygens (including phenoxy) is 3. The first kappa shape index (κ1) is 28.8.